The molecule has 5 nitrogen and oxygen atoms in total. The number of hydrogen-bond acceptors (Lipinski definition) is 5. The van der Waals surface area contributed by atoms with Gasteiger partial charge in [-0.05, 0) is 27.3 Å². The molecule has 0 saturated heterocycles. The summed E-state index contributed by atoms with van der Waals surface area (Å²) in [5, 5.41) is 0. The summed E-state index contributed by atoms with van der Waals surface area (Å²) >= 11 is 0. The molecule has 0 aromatic carbocycles. The minimum Gasteiger partial charge on any atom is -0.379 e. The minimum atomic E-state index is 0.563. The molecule has 0 aliphatic heterocycles. The molecule has 128 valence electrons. The Hall–Kier alpha value is -0.200. The molecule has 21 heavy (non-hydrogen) atoms. The fourth-order valence-electron chi connectivity index (χ4n) is 1.47. The summed E-state index contributed by atoms with van der Waals surface area (Å²) in [4.78, 5) is 2.26. The molecule has 0 atom stereocenters. The van der Waals surface area contributed by atoms with E-state index in [1.807, 2.05) is 0 Å². The predicted molar refractivity (Wildman–Crippen MR) is 86.0 cm³/mol. The van der Waals surface area contributed by atoms with Crippen LogP contribution in [0, 0.1) is 0 Å². The third kappa shape index (κ3) is 16.0. The summed E-state index contributed by atoms with van der Waals surface area (Å²) in [6.45, 7) is 12.9. The highest BCUT2D eigenvalue weighted by atomic mass is 16.6. The molecule has 0 spiro atoms. The van der Waals surface area contributed by atoms with Crippen molar-refractivity contribution in [2.75, 3.05) is 66.4 Å². The first-order valence-corrected chi connectivity index (χ1v) is 8.19. The molecule has 0 unspecified atom stereocenters. The van der Waals surface area contributed by atoms with Crippen molar-refractivity contribution in [1.29, 1.82) is 0 Å². The van der Waals surface area contributed by atoms with Crippen LogP contribution < -0.4 is 0 Å². The van der Waals surface area contributed by atoms with Crippen molar-refractivity contribution in [3.63, 3.8) is 0 Å². The van der Waals surface area contributed by atoms with Crippen LogP contribution in [0.4, 0.5) is 0 Å². The standard InChI is InChI=1S/C16H35NO4/c1-5-6-8-18-10-12-20-14-15-21-13-11-19-9-7-17(4)16(2)3/h16H,5-15H2,1-4H3. The zero-order valence-electron chi connectivity index (χ0n) is 14.4. The third-order valence-electron chi connectivity index (χ3n) is 3.23. The molecule has 0 heterocycles. The number of hydrogen-bond donors (Lipinski definition) is 0. The monoisotopic (exact) mass is 305 g/mol. The average molecular weight is 305 g/mol. The molecule has 0 amide bonds. The SMILES string of the molecule is CCCCOCCOCCOCCOCCN(C)C(C)C. The first-order chi connectivity index (χ1) is 10.2. The average Bonchev–Trinajstić information content (AvgIpc) is 2.47. The topological polar surface area (TPSA) is 40.2 Å². The van der Waals surface area contributed by atoms with Gasteiger partial charge in [0.15, 0.2) is 0 Å². The van der Waals surface area contributed by atoms with Crippen molar-refractivity contribution < 1.29 is 18.9 Å². The molecular weight excluding hydrogens is 270 g/mol. The van der Waals surface area contributed by atoms with Gasteiger partial charge in [-0.25, -0.2) is 0 Å². The zero-order valence-corrected chi connectivity index (χ0v) is 14.4. The van der Waals surface area contributed by atoms with E-state index in [9.17, 15) is 0 Å². The Balaban J connectivity index is 3.03. The van der Waals surface area contributed by atoms with Crippen LogP contribution in [-0.4, -0.2) is 77.4 Å². The number of likely N-dealkylation sites (N-methyl/N-ethyl adjacent to an activating group) is 1. The zero-order chi connectivity index (χ0) is 15.8. The van der Waals surface area contributed by atoms with E-state index in [2.05, 4.69) is 32.7 Å². The van der Waals surface area contributed by atoms with Gasteiger partial charge >= 0.3 is 0 Å². The lowest BCUT2D eigenvalue weighted by Gasteiger charge is -2.20. The highest BCUT2D eigenvalue weighted by molar-refractivity contribution is 4.55. The summed E-state index contributed by atoms with van der Waals surface area (Å²) in [6.07, 6.45) is 2.29. The second kappa shape index (κ2) is 16.2. The lowest BCUT2D eigenvalue weighted by Crippen LogP contribution is -2.30. The summed E-state index contributed by atoms with van der Waals surface area (Å²) in [7, 11) is 2.10. The van der Waals surface area contributed by atoms with Crippen LogP contribution in [0.2, 0.25) is 0 Å². The van der Waals surface area contributed by atoms with E-state index < -0.39 is 0 Å². The van der Waals surface area contributed by atoms with Gasteiger partial charge in [0.05, 0.1) is 46.2 Å². The molecule has 0 radical (unpaired) electrons. The Bertz CT molecular complexity index is 203. The van der Waals surface area contributed by atoms with Crippen LogP contribution in [-0.2, 0) is 18.9 Å². The predicted octanol–water partition coefficient (Wildman–Crippen LogP) is 2.19. The lowest BCUT2D eigenvalue weighted by atomic mass is 10.3. The minimum absolute atomic E-state index is 0.563. The van der Waals surface area contributed by atoms with Gasteiger partial charge < -0.3 is 23.8 Å². The van der Waals surface area contributed by atoms with E-state index in [4.69, 9.17) is 18.9 Å². The molecule has 0 rings (SSSR count). The van der Waals surface area contributed by atoms with E-state index in [0.29, 0.717) is 45.7 Å². The van der Waals surface area contributed by atoms with Crippen LogP contribution in [0.3, 0.4) is 0 Å². The quantitative estimate of drug-likeness (QED) is 0.409. The second-order valence-corrected chi connectivity index (χ2v) is 5.38. The summed E-state index contributed by atoms with van der Waals surface area (Å²) < 4.78 is 21.7. The Labute approximate surface area is 130 Å². The summed E-state index contributed by atoms with van der Waals surface area (Å²) in [5.41, 5.74) is 0. The fourth-order valence-corrected chi connectivity index (χ4v) is 1.47. The fraction of sp³-hybridized carbons (Fsp3) is 1.00. The van der Waals surface area contributed by atoms with Gasteiger partial charge in [0, 0.05) is 19.2 Å². The van der Waals surface area contributed by atoms with Crippen LogP contribution in [0.25, 0.3) is 0 Å². The Kier molecular flexibility index (Phi) is 16.0. The van der Waals surface area contributed by atoms with Gasteiger partial charge in [-0.1, -0.05) is 13.3 Å². The molecule has 5 heteroatoms. The Morgan fingerprint density at radius 1 is 0.714 bits per heavy atom. The van der Waals surface area contributed by atoms with Crippen molar-refractivity contribution in [3.05, 3.63) is 0 Å². The molecule has 0 N–H and O–H groups in total. The van der Waals surface area contributed by atoms with E-state index >= 15 is 0 Å². The van der Waals surface area contributed by atoms with Gasteiger partial charge in [0.2, 0.25) is 0 Å². The van der Waals surface area contributed by atoms with Crippen molar-refractivity contribution in [3.8, 4) is 0 Å². The largest absolute Gasteiger partial charge is 0.379 e. The van der Waals surface area contributed by atoms with Crippen LogP contribution >= 0.6 is 0 Å². The van der Waals surface area contributed by atoms with Crippen molar-refractivity contribution in [1.82, 2.24) is 4.90 Å². The van der Waals surface area contributed by atoms with E-state index in [1.165, 1.54) is 6.42 Å². The molecule has 0 aromatic rings. The molecule has 0 bridgehead atoms. The van der Waals surface area contributed by atoms with Crippen LogP contribution in [0.15, 0.2) is 0 Å². The normalized spacial score (nSPS) is 11.7. The first kappa shape index (κ1) is 20.8. The highest BCUT2D eigenvalue weighted by Gasteiger charge is 2.01. The molecule has 0 fully saturated rings. The molecule has 0 saturated carbocycles. The van der Waals surface area contributed by atoms with Gasteiger partial charge in [-0.15, -0.1) is 0 Å². The van der Waals surface area contributed by atoms with E-state index in [1.54, 1.807) is 0 Å². The van der Waals surface area contributed by atoms with E-state index in [0.717, 1.165) is 26.2 Å². The maximum absolute atomic E-state index is 5.51. The van der Waals surface area contributed by atoms with Crippen LogP contribution in [0.5, 0.6) is 0 Å². The van der Waals surface area contributed by atoms with Gasteiger partial charge in [0.25, 0.3) is 0 Å². The van der Waals surface area contributed by atoms with Gasteiger partial charge in [-0.2, -0.15) is 0 Å². The molecule has 0 aliphatic carbocycles. The number of unbranched alkanes of at least 4 members (excludes halogenated alkanes) is 1. The summed E-state index contributed by atoms with van der Waals surface area (Å²) in [6, 6.07) is 0.563. The van der Waals surface area contributed by atoms with Crippen LogP contribution in [0.1, 0.15) is 33.6 Å². The number of nitrogens with zero attached hydrogens (tertiary/aromatic N) is 1. The number of rotatable bonds is 16. The van der Waals surface area contributed by atoms with Crippen molar-refractivity contribution in [2.24, 2.45) is 0 Å². The lowest BCUT2D eigenvalue weighted by molar-refractivity contribution is -0.00410. The smallest absolute Gasteiger partial charge is 0.0701 e. The first-order valence-electron chi connectivity index (χ1n) is 8.19. The Morgan fingerprint density at radius 3 is 1.57 bits per heavy atom. The molecule has 0 aliphatic rings. The third-order valence-corrected chi connectivity index (χ3v) is 3.23. The molecule has 0 aromatic heterocycles. The highest BCUT2D eigenvalue weighted by Crippen LogP contribution is 1.92. The Morgan fingerprint density at radius 2 is 1.14 bits per heavy atom. The number of ether oxygens (including phenoxy) is 4. The molecular formula is C16H35NO4. The maximum Gasteiger partial charge on any atom is 0.0701 e. The maximum atomic E-state index is 5.51. The van der Waals surface area contributed by atoms with Crippen molar-refractivity contribution in [2.45, 2.75) is 39.7 Å². The summed E-state index contributed by atoms with van der Waals surface area (Å²) in [5.74, 6) is 0. The van der Waals surface area contributed by atoms with E-state index in [-0.39, 0.29) is 0 Å². The van der Waals surface area contributed by atoms with Gasteiger partial charge in [-0.3, -0.25) is 0 Å². The second-order valence-electron chi connectivity index (χ2n) is 5.38. The van der Waals surface area contributed by atoms with Gasteiger partial charge in [0.1, 0.15) is 0 Å². The van der Waals surface area contributed by atoms with Crippen molar-refractivity contribution >= 4 is 0 Å².